The van der Waals surface area contributed by atoms with E-state index in [1.165, 1.54) is 87.8 Å². The summed E-state index contributed by atoms with van der Waals surface area (Å²) in [4.78, 5) is 0. The van der Waals surface area contributed by atoms with Crippen LogP contribution in [-0.4, -0.2) is 0 Å². The smallest absolute Gasteiger partial charge is 1.00 e. The van der Waals surface area contributed by atoms with Crippen LogP contribution in [0.5, 0.6) is 0 Å². The van der Waals surface area contributed by atoms with Gasteiger partial charge in [0.15, 0.2) is 0 Å². The molecule has 0 radical (unpaired) electrons. The van der Waals surface area contributed by atoms with Crippen LogP contribution in [0.3, 0.4) is 0 Å². The van der Waals surface area contributed by atoms with Crippen LogP contribution in [0.25, 0.3) is 14.9 Å². The molecule has 3 aromatic carbocycles. The molecular weight excluding hydrogens is 558 g/mol. The Labute approximate surface area is 244 Å². The molecule has 0 spiro atoms. The Balaban J connectivity index is 0.00000180. The molecule has 0 fully saturated rings. The summed E-state index contributed by atoms with van der Waals surface area (Å²) in [5.41, 5.74) is 10.3. The maximum atomic E-state index is 2.54. The second kappa shape index (κ2) is 10.1. The zero-order chi connectivity index (χ0) is 24.6. The third-order valence-electron chi connectivity index (χ3n) is 7.48. The summed E-state index contributed by atoms with van der Waals surface area (Å²) in [5.74, 6) is 0.295. The van der Waals surface area contributed by atoms with Crippen LogP contribution in [0.1, 0.15) is 94.7 Å². The minimum Gasteiger partial charge on any atom is -1.00 e. The largest absolute Gasteiger partial charge is 1.00 e. The summed E-state index contributed by atoms with van der Waals surface area (Å²) in [6, 6.07) is 18.7. The van der Waals surface area contributed by atoms with E-state index in [0.717, 1.165) is 0 Å². The normalized spacial score (nSPS) is 15.6. The molecule has 36 heavy (non-hydrogen) atoms. The van der Waals surface area contributed by atoms with E-state index in [9.17, 15) is 0 Å². The predicted octanol–water partition coefficient (Wildman–Crippen LogP) is 0.942. The van der Waals surface area contributed by atoms with Crippen LogP contribution in [-0.2, 0) is 35.5 Å². The Bertz CT molecular complexity index is 1590. The SMILES string of the molecule is CC(C)=c1c(C(C)(C)C)cc2c(c1C1C=Cc3ccccc31)[C]([Zr+2])=c1ccc(C(C)(C)C)cc1=2.[Cl-].[Cl-]. The average Bonchev–Trinajstić information content (AvgIpc) is 3.30. The zero-order valence-corrected chi connectivity index (χ0v) is 26.6. The standard InChI is InChI=1S/C33H35.2ClH.Zr/c1-20(2)30-29(33(6,7)8)19-27-26-18-23(32(3,4)5)15-13-22(26)17-28(27)31(30)25-16-14-21-11-9-10-12-24(21)25;;;/h9-16,18-19,25H,1-8H3;2*1H;/q;;;+2/p-2. The monoisotopic (exact) mass is 591 g/mol. The quantitative estimate of drug-likeness (QED) is 0.394. The Morgan fingerprint density at radius 1 is 0.778 bits per heavy atom. The third-order valence-corrected chi connectivity index (χ3v) is 8.76. The molecule has 1 unspecified atom stereocenters. The molecule has 3 aromatic rings. The molecule has 2 aliphatic rings. The van der Waals surface area contributed by atoms with Gasteiger partial charge in [0.25, 0.3) is 0 Å². The topological polar surface area (TPSA) is 0 Å². The summed E-state index contributed by atoms with van der Waals surface area (Å²) in [5, 5.41) is 5.77. The van der Waals surface area contributed by atoms with Gasteiger partial charge in [-0.1, -0.05) is 0 Å². The van der Waals surface area contributed by atoms with Crippen molar-refractivity contribution in [3.63, 3.8) is 0 Å². The molecule has 0 amide bonds. The van der Waals surface area contributed by atoms with E-state index in [2.05, 4.69) is 116 Å². The van der Waals surface area contributed by atoms with Gasteiger partial charge in [0.1, 0.15) is 0 Å². The van der Waals surface area contributed by atoms with Gasteiger partial charge in [0, 0.05) is 0 Å². The van der Waals surface area contributed by atoms with Crippen molar-refractivity contribution in [2.45, 2.75) is 72.1 Å². The average molecular weight is 594 g/mol. The molecule has 185 valence electrons. The number of benzene rings is 3. The minimum absolute atomic E-state index is 0. The van der Waals surface area contributed by atoms with Crippen LogP contribution in [0.15, 0.2) is 54.6 Å². The van der Waals surface area contributed by atoms with Crippen LogP contribution < -0.4 is 35.3 Å². The molecule has 5 rings (SSSR count). The summed E-state index contributed by atoms with van der Waals surface area (Å²) in [7, 11) is 0. The maximum absolute atomic E-state index is 2.54. The zero-order valence-electron chi connectivity index (χ0n) is 22.6. The number of hydrogen-bond donors (Lipinski definition) is 0. The number of rotatable bonds is 1. The Morgan fingerprint density at radius 3 is 2.06 bits per heavy atom. The second-order valence-electron chi connectivity index (χ2n) is 12.2. The van der Waals surface area contributed by atoms with Crippen LogP contribution in [0, 0.1) is 10.4 Å². The van der Waals surface area contributed by atoms with Crippen molar-refractivity contribution in [2.24, 2.45) is 0 Å². The van der Waals surface area contributed by atoms with Gasteiger partial charge < -0.3 is 24.8 Å². The molecule has 3 heteroatoms. The summed E-state index contributed by atoms with van der Waals surface area (Å²) < 4.78 is 1.51. The van der Waals surface area contributed by atoms with E-state index in [1.54, 1.807) is 0 Å². The third kappa shape index (κ3) is 4.66. The first-order valence-corrected chi connectivity index (χ1v) is 13.7. The molecule has 0 aliphatic heterocycles. The maximum Gasteiger partial charge on any atom is -1.00 e. The van der Waals surface area contributed by atoms with E-state index >= 15 is 0 Å². The van der Waals surface area contributed by atoms with Crippen molar-refractivity contribution in [3.8, 4) is 0 Å². The van der Waals surface area contributed by atoms with E-state index in [-0.39, 0.29) is 35.6 Å². The molecule has 0 saturated heterocycles. The van der Waals surface area contributed by atoms with Gasteiger partial charge in [-0.3, -0.25) is 0 Å². The fourth-order valence-corrected chi connectivity index (χ4v) is 6.91. The van der Waals surface area contributed by atoms with Crippen LogP contribution >= 0.6 is 0 Å². The Morgan fingerprint density at radius 2 is 1.44 bits per heavy atom. The fourth-order valence-electron chi connectivity index (χ4n) is 5.71. The summed E-state index contributed by atoms with van der Waals surface area (Å²) in [6.07, 6.45) is 4.76. The second-order valence-corrected chi connectivity index (χ2v) is 13.5. The van der Waals surface area contributed by atoms with Gasteiger partial charge in [-0.15, -0.1) is 0 Å². The van der Waals surface area contributed by atoms with Gasteiger partial charge >= 0.3 is 221 Å². The minimum atomic E-state index is 0. The van der Waals surface area contributed by atoms with Gasteiger partial charge in [0.05, 0.1) is 0 Å². The predicted molar refractivity (Wildman–Crippen MR) is 142 cm³/mol. The number of allylic oxidation sites excluding steroid dienone is 1. The van der Waals surface area contributed by atoms with Gasteiger partial charge in [-0.05, 0) is 0 Å². The first-order chi connectivity index (χ1) is 15.9. The molecule has 0 heterocycles. The van der Waals surface area contributed by atoms with Crippen LogP contribution in [0.2, 0.25) is 0 Å². The van der Waals surface area contributed by atoms with Crippen molar-refractivity contribution in [1.82, 2.24) is 0 Å². The molecule has 0 saturated carbocycles. The van der Waals surface area contributed by atoms with E-state index < -0.39 is 0 Å². The Hall–Kier alpha value is -1.40. The van der Waals surface area contributed by atoms with Gasteiger partial charge in [-0.2, -0.15) is 0 Å². The summed E-state index contributed by atoms with van der Waals surface area (Å²) >= 11 is 1.49. The fraction of sp³-hybridized carbons (Fsp3) is 0.333. The molecule has 1 atom stereocenters. The molecule has 2 aliphatic carbocycles. The van der Waals surface area contributed by atoms with E-state index in [4.69, 9.17) is 0 Å². The van der Waals surface area contributed by atoms with E-state index in [0.29, 0.717) is 5.92 Å². The van der Waals surface area contributed by atoms with Gasteiger partial charge in [0.2, 0.25) is 0 Å². The number of fused-ring (bicyclic) bond motifs is 3. The van der Waals surface area contributed by atoms with Crippen molar-refractivity contribution < 1.29 is 49.5 Å². The van der Waals surface area contributed by atoms with Crippen molar-refractivity contribution in [2.75, 3.05) is 0 Å². The number of halogens is 2. The summed E-state index contributed by atoms with van der Waals surface area (Å²) in [6.45, 7) is 18.7. The van der Waals surface area contributed by atoms with E-state index in [1.807, 2.05) is 0 Å². The first kappa shape index (κ1) is 29.2. The molecule has 0 N–H and O–H groups in total. The Kier molecular flexibility index (Phi) is 8.15. The van der Waals surface area contributed by atoms with Crippen molar-refractivity contribution >= 4 is 14.9 Å². The van der Waals surface area contributed by atoms with Crippen molar-refractivity contribution in [3.05, 3.63) is 109 Å². The first-order valence-electron chi connectivity index (χ1n) is 12.4. The van der Waals surface area contributed by atoms with Gasteiger partial charge in [-0.25, -0.2) is 0 Å². The van der Waals surface area contributed by atoms with Crippen LogP contribution in [0.4, 0.5) is 0 Å². The number of hydrogen-bond acceptors (Lipinski definition) is 0. The molecule has 0 bridgehead atoms. The molecule has 0 nitrogen and oxygen atoms in total. The molecule has 0 aromatic heterocycles. The van der Waals surface area contributed by atoms with Crippen molar-refractivity contribution in [1.29, 1.82) is 0 Å². The molecular formula is C33H35Cl2Zr.